The summed E-state index contributed by atoms with van der Waals surface area (Å²) in [7, 11) is 1.60. The molecule has 1 aliphatic heterocycles. The predicted octanol–water partition coefficient (Wildman–Crippen LogP) is 1.91. The molecular weight excluding hydrogens is 232 g/mol. The molecule has 1 unspecified atom stereocenters. The zero-order valence-electron chi connectivity index (χ0n) is 11.0. The molecule has 0 radical (unpaired) electrons. The van der Waals surface area contributed by atoms with E-state index in [0.717, 1.165) is 5.75 Å². The van der Waals surface area contributed by atoms with Crippen molar-refractivity contribution < 1.29 is 14.4 Å². The number of methoxy groups -OCH3 is 1. The topological polar surface area (TPSA) is 72.8 Å². The molecule has 1 fully saturated rings. The van der Waals surface area contributed by atoms with Gasteiger partial charge in [0.1, 0.15) is 5.75 Å². The van der Waals surface area contributed by atoms with Crippen molar-refractivity contribution in [2.24, 2.45) is 5.41 Å². The van der Waals surface area contributed by atoms with Crippen LogP contribution in [0.1, 0.15) is 20.8 Å². The maximum Gasteiger partial charge on any atom is 0.276 e. The molecule has 2 rings (SSSR count). The largest absolute Gasteiger partial charge is 0.497 e. The lowest BCUT2D eigenvalue weighted by Gasteiger charge is -2.24. The maximum absolute atomic E-state index is 12.2. The summed E-state index contributed by atoms with van der Waals surface area (Å²) in [6.07, 6.45) is 0. The third-order valence-electron chi connectivity index (χ3n) is 3.03. The molecule has 0 saturated carbocycles. The molecule has 0 bridgehead atoms. The Balaban J connectivity index is 2.08. The van der Waals surface area contributed by atoms with Gasteiger partial charge in [-0.25, -0.2) is 0 Å². The van der Waals surface area contributed by atoms with Gasteiger partial charge in [-0.1, -0.05) is 20.8 Å². The first-order chi connectivity index (χ1) is 8.39. The number of carbonyl (C=O) groups is 1. The van der Waals surface area contributed by atoms with Gasteiger partial charge in [-0.05, 0) is 24.3 Å². The monoisotopic (exact) mass is 250 g/mol. The molecule has 1 saturated heterocycles. The van der Waals surface area contributed by atoms with Gasteiger partial charge in [-0.2, -0.15) is 5.48 Å². The minimum absolute atomic E-state index is 0.194. The molecule has 1 amide bonds. The van der Waals surface area contributed by atoms with Gasteiger partial charge in [0.05, 0.1) is 7.11 Å². The van der Waals surface area contributed by atoms with Crippen LogP contribution < -0.4 is 15.5 Å². The molecule has 0 spiro atoms. The van der Waals surface area contributed by atoms with E-state index in [1.165, 1.54) is 0 Å². The number of hydroxylamine groups is 1. The van der Waals surface area contributed by atoms with Gasteiger partial charge in [0.25, 0.3) is 5.91 Å². The van der Waals surface area contributed by atoms with E-state index < -0.39 is 5.72 Å². The summed E-state index contributed by atoms with van der Waals surface area (Å²) in [4.78, 5) is 17.3. The fraction of sp³-hybridized carbons (Fsp3) is 0.462. The number of anilines is 1. The van der Waals surface area contributed by atoms with Crippen LogP contribution in [0, 0.1) is 5.41 Å². The first-order valence-corrected chi connectivity index (χ1v) is 5.80. The summed E-state index contributed by atoms with van der Waals surface area (Å²) in [5.74, 6) is 0.555. The van der Waals surface area contributed by atoms with Crippen molar-refractivity contribution in [1.82, 2.24) is 5.48 Å². The lowest BCUT2D eigenvalue weighted by atomic mass is 9.84. The highest BCUT2D eigenvalue weighted by Gasteiger charge is 2.61. The second-order valence-corrected chi connectivity index (χ2v) is 5.32. The highest BCUT2D eigenvalue weighted by atomic mass is 16.8. The zero-order chi connectivity index (χ0) is 13.4. The molecule has 2 N–H and O–H groups in total. The van der Waals surface area contributed by atoms with E-state index in [1.807, 2.05) is 20.8 Å². The highest BCUT2D eigenvalue weighted by Crippen LogP contribution is 2.40. The van der Waals surface area contributed by atoms with Crippen LogP contribution in [0.2, 0.25) is 0 Å². The minimum Gasteiger partial charge on any atom is -0.497 e. The molecule has 1 aliphatic rings. The lowest BCUT2D eigenvalue weighted by Crippen LogP contribution is -2.44. The first-order valence-electron chi connectivity index (χ1n) is 5.80. The summed E-state index contributed by atoms with van der Waals surface area (Å²) < 4.78 is 5.06. The molecule has 1 heterocycles. The van der Waals surface area contributed by atoms with Crippen molar-refractivity contribution in [3.8, 4) is 5.75 Å². The SMILES string of the molecule is COc1ccc(NC(=O)C2(C(C)(C)C)NO2)cc1. The van der Waals surface area contributed by atoms with Gasteiger partial charge in [-0.3, -0.25) is 9.63 Å². The number of rotatable bonds is 3. The minimum atomic E-state index is -0.938. The summed E-state index contributed by atoms with van der Waals surface area (Å²) in [5.41, 5.74) is 2.15. The van der Waals surface area contributed by atoms with E-state index in [1.54, 1.807) is 31.4 Å². The molecule has 0 aromatic heterocycles. The Labute approximate surface area is 106 Å². The second kappa shape index (κ2) is 4.26. The van der Waals surface area contributed by atoms with Crippen LogP contribution in [0.5, 0.6) is 5.75 Å². The van der Waals surface area contributed by atoms with Gasteiger partial charge in [-0.15, -0.1) is 0 Å². The smallest absolute Gasteiger partial charge is 0.276 e. The van der Waals surface area contributed by atoms with Crippen LogP contribution in [-0.4, -0.2) is 18.7 Å². The van der Waals surface area contributed by atoms with Crippen molar-refractivity contribution in [1.29, 1.82) is 0 Å². The van der Waals surface area contributed by atoms with Gasteiger partial charge >= 0.3 is 0 Å². The van der Waals surface area contributed by atoms with E-state index in [-0.39, 0.29) is 11.3 Å². The van der Waals surface area contributed by atoms with Crippen LogP contribution in [0.4, 0.5) is 5.69 Å². The fourth-order valence-electron chi connectivity index (χ4n) is 1.68. The van der Waals surface area contributed by atoms with Gasteiger partial charge in [0, 0.05) is 11.1 Å². The Bertz CT molecular complexity index is 444. The number of carbonyl (C=O) groups excluding carboxylic acids is 1. The number of hydrogen-bond acceptors (Lipinski definition) is 4. The molecule has 1 atom stereocenters. The highest BCUT2D eigenvalue weighted by molar-refractivity contribution is 5.98. The van der Waals surface area contributed by atoms with Crippen molar-refractivity contribution in [3.05, 3.63) is 24.3 Å². The molecule has 5 heteroatoms. The van der Waals surface area contributed by atoms with Crippen LogP contribution in [0.15, 0.2) is 24.3 Å². The van der Waals surface area contributed by atoms with E-state index in [0.29, 0.717) is 5.69 Å². The quantitative estimate of drug-likeness (QED) is 0.804. The van der Waals surface area contributed by atoms with Crippen molar-refractivity contribution in [2.75, 3.05) is 12.4 Å². The van der Waals surface area contributed by atoms with E-state index in [9.17, 15) is 4.79 Å². The summed E-state index contributed by atoms with van der Waals surface area (Å²) in [6, 6.07) is 7.16. The number of benzene rings is 1. The molecule has 1 aromatic rings. The summed E-state index contributed by atoms with van der Waals surface area (Å²) in [5, 5.41) is 2.82. The van der Waals surface area contributed by atoms with Gasteiger partial charge < -0.3 is 10.1 Å². The summed E-state index contributed by atoms with van der Waals surface area (Å²) >= 11 is 0. The van der Waals surface area contributed by atoms with Crippen LogP contribution in [0.25, 0.3) is 0 Å². The molecule has 1 aromatic carbocycles. The summed E-state index contributed by atoms with van der Waals surface area (Å²) in [6.45, 7) is 5.84. The molecular formula is C13H18N2O3. The molecule has 98 valence electrons. The maximum atomic E-state index is 12.2. The average Bonchev–Trinajstić information content (AvgIpc) is 3.10. The standard InChI is InChI=1S/C13H18N2O3/c1-12(2,3)13(15-18-13)11(16)14-9-5-7-10(17-4)8-6-9/h5-8,15H,1-4H3,(H,14,16). The first kappa shape index (κ1) is 12.9. The van der Waals surface area contributed by atoms with Crippen LogP contribution in [-0.2, 0) is 9.63 Å². The molecule has 5 nitrogen and oxygen atoms in total. The number of amides is 1. The fourth-order valence-corrected chi connectivity index (χ4v) is 1.68. The Kier molecular flexibility index (Phi) is 3.04. The molecule has 18 heavy (non-hydrogen) atoms. The van der Waals surface area contributed by atoms with E-state index in [4.69, 9.17) is 9.57 Å². The third-order valence-corrected chi connectivity index (χ3v) is 3.03. The zero-order valence-corrected chi connectivity index (χ0v) is 11.0. The van der Waals surface area contributed by atoms with Crippen molar-refractivity contribution >= 4 is 11.6 Å². The Morgan fingerprint density at radius 2 is 1.89 bits per heavy atom. The number of hydrogen-bond donors (Lipinski definition) is 2. The predicted molar refractivity (Wildman–Crippen MR) is 68.0 cm³/mol. The van der Waals surface area contributed by atoms with E-state index in [2.05, 4.69) is 10.8 Å². The second-order valence-electron chi connectivity index (χ2n) is 5.32. The van der Waals surface area contributed by atoms with Crippen LogP contribution >= 0.6 is 0 Å². The number of nitrogens with one attached hydrogen (secondary N) is 2. The normalized spacial score (nSPS) is 22.4. The Morgan fingerprint density at radius 3 is 2.28 bits per heavy atom. The van der Waals surface area contributed by atoms with E-state index >= 15 is 0 Å². The van der Waals surface area contributed by atoms with Crippen molar-refractivity contribution in [3.63, 3.8) is 0 Å². The van der Waals surface area contributed by atoms with Gasteiger partial charge in [0.2, 0.25) is 5.72 Å². The van der Waals surface area contributed by atoms with Gasteiger partial charge in [0.15, 0.2) is 0 Å². The Hall–Kier alpha value is -1.59. The molecule has 0 aliphatic carbocycles. The Morgan fingerprint density at radius 1 is 1.33 bits per heavy atom. The van der Waals surface area contributed by atoms with Crippen molar-refractivity contribution in [2.45, 2.75) is 26.5 Å². The third kappa shape index (κ3) is 2.19. The van der Waals surface area contributed by atoms with Crippen LogP contribution in [0.3, 0.4) is 0 Å². The lowest BCUT2D eigenvalue weighted by molar-refractivity contribution is -0.124. The number of ether oxygens (including phenoxy) is 1. The average molecular weight is 250 g/mol.